The fourth-order valence-corrected chi connectivity index (χ4v) is 5.82. The van der Waals surface area contributed by atoms with Gasteiger partial charge < -0.3 is 30.1 Å². The minimum absolute atomic E-state index is 0.0593. The van der Waals surface area contributed by atoms with Gasteiger partial charge in [0.15, 0.2) is 6.73 Å². The van der Waals surface area contributed by atoms with E-state index in [0.717, 1.165) is 74.0 Å². The normalized spacial score (nSPS) is 23.2. The molecule has 10 nitrogen and oxygen atoms in total. The molecule has 11 heteroatoms. The molecule has 1 aromatic rings. The first-order chi connectivity index (χ1) is 20.1. The summed E-state index contributed by atoms with van der Waals surface area (Å²) in [6.45, 7) is 10.7. The molecule has 4 rings (SSSR count). The number of rotatable bonds is 13. The number of nitrogens with zero attached hydrogens (tertiary/aromatic N) is 3. The van der Waals surface area contributed by atoms with E-state index in [1.165, 1.54) is 0 Å². The number of carbonyl (C=O) groups excluding carboxylic acids is 2. The average molecular weight is 604 g/mol. The van der Waals surface area contributed by atoms with Crippen molar-refractivity contribution in [2.24, 2.45) is 11.7 Å². The number of aliphatic hydroxyl groups is 1. The number of carbonyl (C=O) groups is 2. The van der Waals surface area contributed by atoms with Gasteiger partial charge in [-0.1, -0.05) is 29.8 Å². The molecule has 0 saturated carbocycles. The third-order valence-corrected chi connectivity index (χ3v) is 8.78. The van der Waals surface area contributed by atoms with E-state index in [1.54, 1.807) is 18.7 Å². The zero-order valence-corrected chi connectivity index (χ0v) is 25.8. The van der Waals surface area contributed by atoms with Crippen molar-refractivity contribution in [3.8, 4) is 0 Å². The van der Waals surface area contributed by atoms with E-state index in [0.29, 0.717) is 13.0 Å². The number of aliphatic hydroxyl groups excluding tert-OH is 1. The molecule has 2 aliphatic heterocycles. The number of halogens is 1. The van der Waals surface area contributed by atoms with Crippen LogP contribution in [0, 0.1) is 12.8 Å². The van der Waals surface area contributed by atoms with Gasteiger partial charge in [0.05, 0.1) is 23.4 Å². The minimum atomic E-state index is -1.03. The average Bonchev–Trinajstić information content (AvgIpc) is 2.98. The van der Waals surface area contributed by atoms with E-state index in [-0.39, 0.29) is 24.6 Å². The molecular formula is C31H46ClN5O5. The van der Waals surface area contributed by atoms with Crippen LogP contribution < -0.4 is 16.0 Å². The van der Waals surface area contributed by atoms with Gasteiger partial charge in [0.2, 0.25) is 5.91 Å². The van der Waals surface area contributed by atoms with Crippen molar-refractivity contribution in [3.05, 3.63) is 52.8 Å². The van der Waals surface area contributed by atoms with Crippen LogP contribution in [0.25, 0.3) is 0 Å². The van der Waals surface area contributed by atoms with Gasteiger partial charge in [-0.25, -0.2) is 0 Å². The van der Waals surface area contributed by atoms with Crippen molar-refractivity contribution in [3.63, 3.8) is 0 Å². The maximum Gasteiger partial charge on any atom is 0.324 e. The fraction of sp³-hybridized carbons (Fsp3) is 0.613. The third-order valence-electron chi connectivity index (χ3n) is 8.29. The topological polar surface area (TPSA) is 121 Å². The molecule has 2 heterocycles. The quantitative estimate of drug-likeness (QED) is 0.178. The number of amides is 1. The summed E-state index contributed by atoms with van der Waals surface area (Å²) in [6, 6.07) is 4.68. The molecule has 42 heavy (non-hydrogen) atoms. The smallest absolute Gasteiger partial charge is 0.324 e. The standard InChI is InChI=1S/C31H46ClN5O5/c1-21-7-6-8-26(29(21)32)36-16-14-35(15-17-36)13-4-5-18-41-25-11-9-24-10-12-28(38)37(27(24)19-25)20-42-31(40)23(3)34-30(39)22(2)33/h6-9,11,19,22-24,27,30,34,39H,4-5,10,12-18,20,33H2,1-3H3. The van der Waals surface area contributed by atoms with Crippen LogP contribution in [0.15, 0.2) is 42.2 Å². The Morgan fingerprint density at radius 1 is 1.21 bits per heavy atom. The zero-order chi connectivity index (χ0) is 30.2. The molecule has 0 radical (unpaired) electrons. The Balaban J connectivity index is 1.18. The van der Waals surface area contributed by atoms with Gasteiger partial charge in [0.1, 0.15) is 18.0 Å². The Bertz CT molecular complexity index is 1140. The Labute approximate surface area is 254 Å². The molecule has 0 spiro atoms. The number of allylic oxidation sites excluding steroid dienone is 1. The Morgan fingerprint density at radius 2 is 1.98 bits per heavy atom. The second kappa shape index (κ2) is 15.2. The predicted molar refractivity (Wildman–Crippen MR) is 164 cm³/mol. The highest BCUT2D eigenvalue weighted by molar-refractivity contribution is 6.34. The number of benzene rings is 1. The molecule has 1 aliphatic carbocycles. The van der Waals surface area contributed by atoms with E-state index in [1.807, 2.05) is 25.1 Å². The van der Waals surface area contributed by atoms with E-state index < -0.39 is 24.3 Å². The van der Waals surface area contributed by atoms with Crippen LogP contribution in [-0.4, -0.2) is 97.2 Å². The van der Waals surface area contributed by atoms with Crippen molar-refractivity contribution in [2.45, 2.75) is 70.8 Å². The highest BCUT2D eigenvalue weighted by Gasteiger charge is 2.36. The van der Waals surface area contributed by atoms with Gasteiger partial charge in [0.25, 0.3) is 0 Å². The lowest BCUT2D eigenvalue weighted by Crippen LogP contribution is -2.52. The van der Waals surface area contributed by atoms with Crippen LogP contribution in [-0.2, 0) is 19.1 Å². The Morgan fingerprint density at radius 3 is 2.71 bits per heavy atom. The van der Waals surface area contributed by atoms with Crippen LogP contribution in [0.4, 0.5) is 5.69 Å². The lowest BCUT2D eigenvalue weighted by atomic mass is 9.85. The SMILES string of the molecule is Cc1cccc(N2CCN(CCCCOC3=CC4C(C=C3)CCC(=O)N4COC(=O)C(C)NC(O)C(C)N)CC2)c1Cl. The van der Waals surface area contributed by atoms with Gasteiger partial charge >= 0.3 is 5.97 Å². The van der Waals surface area contributed by atoms with Crippen LogP contribution in [0.1, 0.15) is 45.1 Å². The lowest BCUT2D eigenvalue weighted by molar-refractivity contribution is -0.159. The van der Waals surface area contributed by atoms with E-state index in [4.69, 9.17) is 26.8 Å². The first-order valence-electron chi connectivity index (χ1n) is 15.0. The molecule has 3 aliphatic rings. The number of esters is 1. The summed E-state index contributed by atoms with van der Waals surface area (Å²) in [5, 5.41) is 13.4. The fourth-order valence-electron chi connectivity index (χ4n) is 5.57. The highest BCUT2D eigenvalue weighted by Crippen LogP contribution is 2.32. The van der Waals surface area contributed by atoms with Gasteiger partial charge in [-0.3, -0.25) is 19.8 Å². The number of aryl methyl sites for hydroxylation is 1. The largest absolute Gasteiger partial charge is 0.494 e. The van der Waals surface area contributed by atoms with Crippen LogP contribution in [0.5, 0.6) is 0 Å². The summed E-state index contributed by atoms with van der Waals surface area (Å²) in [4.78, 5) is 31.7. The number of unbranched alkanes of at least 4 members (excludes halogenated alkanes) is 1. The van der Waals surface area contributed by atoms with Crippen LogP contribution >= 0.6 is 11.6 Å². The first kappa shape index (κ1) is 32.3. The highest BCUT2D eigenvalue weighted by atomic mass is 35.5. The first-order valence-corrected chi connectivity index (χ1v) is 15.4. The zero-order valence-electron chi connectivity index (χ0n) is 25.0. The van der Waals surface area contributed by atoms with Gasteiger partial charge in [-0.2, -0.15) is 0 Å². The second-order valence-corrected chi connectivity index (χ2v) is 11.9. The van der Waals surface area contributed by atoms with Gasteiger partial charge in [-0.15, -0.1) is 0 Å². The molecule has 4 N–H and O–H groups in total. The number of piperazine rings is 1. The summed E-state index contributed by atoms with van der Waals surface area (Å²) in [5.41, 5.74) is 7.88. The Hall–Kier alpha value is -2.63. The summed E-state index contributed by atoms with van der Waals surface area (Å²) in [5.74, 6) is 0.270. The van der Waals surface area contributed by atoms with Gasteiger partial charge in [0, 0.05) is 44.6 Å². The maximum absolute atomic E-state index is 12.7. The number of ether oxygens (including phenoxy) is 2. The summed E-state index contributed by atoms with van der Waals surface area (Å²) in [7, 11) is 0. The van der Waals surface area contributed by atoms with E-state index in [2.05, 4.69) is 33.3 Å². The molecule has 1 aromatic carbocycles. The van der Waals surface area contributed by atoms with Crippen LogP contribution in [0.2, 0.25) is 5.02 Å². The molecule has 5 atom stereocenters. The second-order valence-electron chi connectivity index (χ2n) is 11.6. The number of hydrogen-bond acceptors (Lipinski definition) is 9. The van der Waals surface area contributed by atoms with Crippen molar-refractivity contribution in [2.75, 3.05) is 51.0 Å². The maximum atomic E-state index is 12.7. The molecule has 0 bridgehead atoms. The monoisotopic (exact) mass is 603 g/mol. The molecule has 5 unspecified atom stereocenters. The molecule has 0 aromatic heterocycles. The predicted octanol–water partition coefficient (Wildman–Crippen LogP) is 2.77. The summed E-state index contributed by atoms with van der Waals surface area (Å²) in [6.07, 6.45) is 8.12. The summed E-state index contributed by atoms with van der Waals surface area (Å²) < 4.78 is 11.5. The molecule has 1 amide bonds. The molecular weight excluding hydrogens is 558 g/mol. The van der Waals surface area contributed by atoms with Crippen molar-refractivity contribution in [1.29, 1.82) is 0 Å². The Kier molecular flexibility index (Phi) is 11.7. The molecule has 2 saturated heterocycles. The number of piperidine rings is 1. The van der Waals surface area contributed by atoms with E-state index in [9.17, 15) is 14.7 Å². The van der Waals surface area contributed by atoms with Crippen LogP contribution in [0.3, 0.4) is 0 Å². The van der Waals surface area contributed by atoms with Crippen molar-refractivity contribution in [1.82, 2.24) is 15.1 Å². The van der Waals surface area contributed by atoms with Crippen molar-refractivity contribution < 1.29 is 24.2 Å². The molecule has 2 fully saturated rings. The third kappa shape index (κ3) is 8.48. The van der Waals surface area contributed by atoms with Crippen molar-refractivity contribution >= 4 is 29.2 Å². The number of hydrogen-bond donors (Lipinski definition) is 3. The molecule has 232 valence electrons. The number of fused-ring (bicyclic) bond motifs is 1. The minimum Gasteiger partial charge on any atom is -0.494 e. The number of nitrogens with two attached hydrogens (primary N) is 1. The number of likely N-dealkylation sites (tertiary alicyclic amines) is 1. The number of anilines is 1. The van der Waals surface area contributed by atoms with E-state index >= 15 is 0 Å². The van der Waals surface area contributed by atoms with Gasteiger partial charge in [-0.05, 0) is 70.4 Å². The lowest BCUT2D eigenvalue weighted by Gasteiger charge is -2.39. The summed E-state index contributed by atoms with van der Waals surface area (Å²) >= 11 is 6.53. The number of nitrogens with one attached hydrogen (secondary N) is 1.